The first kappa shape index (κ1) is 46.6. The molecule has 350 valence electrons. The molecule has 1 saturated carbocycles. The van der Waals surface area contributed by atoms with Gasteiger partial charge in [-0.3, -0.25) is 19.6 Å². The number of anilines is 4. The normalized spacial score (nSPS) is 13.5. The predicted molar refractivity (Wildman–Crippen MR) is 266 cm³/mol. The number of benzene rings is 4. The molecule has 1 fully saturated rings. The second-order valence-electron chi connectivity index (χ2n) is 16.6. The molecule has 4 aromatic carbocycles. The fourth-order valence-electron chi connectivity index (χ4n) is 7.21. The maximum Gasteiger partial charge on any atom is 0.258 e. The second-order valence-corrected chi connectivity index (χ2v) is 17.0. The fourth-order valence-corrected chi connectivity index (χ4v) is 7.43. The quantitative estimate of drug-likeness (QED) is 0.0610. The molecular formula is C53H44ClFN10O5. The summed E-state index contributed by atoms with van der Waals surface area (Å²) in [6.07, 6.45) is 5.75. The van der Waals surface area contributed by atoms with Crippen LogP contribution in [0.25, 0.3) is 27.9 Å². The number of carbonyl (C=O) groups excluding carboxylic acids is 2. The number of aromatic nitrogens is 6. The van der Waals surface area contributed by atoms with E-state index in [1.807, 2.05) is 99.6 Å². The van der Waals surface area contributed by atoms with Crippen LogP contribution in [-0.4, -0.2) is 71.2 Å². The number of halogens is 2. The molecule has 4 aromatic heterocycles. The van der Waals surface area contributed by atoms with Crippen molar-refractivity contribution in [3.63, 3.8) is 0 Å². The van der Waals surface area contributed by atoms with Gasteiger partial charge in [0.1, 0.15) is 52.8 Å². The Labute approximate surface area is 406 Å². The highest BCUT2D eigenvalue weighted by Gasteiger charge is 2.45. The minimum atomic E-state index is -2.53. The lowest BCUT2D eigenvalue weighted by atomic mass is 10.1. The number of hydrogen-bond acceptors (Lipinski definition) is 13. The van der Waals surface area contributed by atoms with Gasteiger partial charge in [0.05, 0.1) is 28.4 Å². The van der Waals surface area contributed by atoms with E-state index in [1.54, 1.807) is 42.7 Å². The van der Waals surface area contributed by atoms with Gasteiger partial charge in [0.2, 0.25) is 6.17 Å². The fraction of sp³-hybridized carbons (Fsp3) is 0.170. The number of pyridine rings is 2. The minimum Gasteiger partial charge on any atom is -0.455 e. The first-order valence-corrected chi connectivity index (χ1v) is 22.5. The summed E-state index contributed by atoms with van der Waals surface area (Å²) in [6.45, 7) is 5.67. The van der Waals surface area contributed by atoms with Crippen molar-refractivity contribution in [1.82, 2.24) is 40.5 Å². The van der Waals surface area contributed by atoms with E-state index < -0.39 is 29.6 Å². The summed E-state index contributed by atoms with van der Waals surface area (Å²) in [4.78, 5) is 52.0. The Hall–Kier alpha value is -8.52. The number of rotatable bonds is 15. The van der Waals surface area contributed by atoms with E-state index in [4.69, 9.17) is 21.1 Å². The molecule has 4 heterocycles. The minimum absolute atomic E-state index is 0.0788. The Balaban J connectivity index is 0.778. The van der Waals surface area contributed by atoms with Crippen LogP contribution >= 0.6 is 11.6 Å². The van der Waals surface area contributed by atoms with Crippen LogP contribution in [-0.2, 0) is 9.59 Å². The standard InChI is InChI=1S/C53H44ClFN10O5/c1-31-23-36(10-16-45(31)69-38-12-6-32(2)57-27-38)63-49-41-25-35(9-15-44(41)60-29-61-49)18-19-53(20-21-53)65-52(68)48(66)47(55)51(67)56-22-4-5-34-8-14-43-40(24-34)50(62-30-59-43)64-37-11-17-46(42(54)26-37)70-39-13-7-33(3)58-28-39/h4-17,23-30,47-48,66H,20-22H2,1-3H3,(H,56,67)(H,65,68)(H,59,62,64)(H,60,61,63)/b5-4-. The van der Waals surface area contributed by atoms with Gasteiger partial charge in [-0.25, -0.2) is 24.3 Å². The van der Waals surface area contributed by atoms with E-state index in [-0.39, 0.29) is 6.54 Å². The third-order valence-corrected chi connectivity index (χ3v) is 11.5. The van der Waals surface area contributed by atoms with Crippen LogP contribution in [0, 0.1) is 32.6 Å². The summed E-state index contributed by atoms with van der Waals surface area (Å²) in [5.41, 5.74) is 5.87. The molecule has 17 heteroatoms. The van der Waals surface area contributed by atoms with Crippen molar-refractivity contribution in [3.8, 4) is 34.8 Å². The number of nitrogens with one attached hydrogen (secondary N) is 4. The lowest BCUT2D eigenvalue weighted by Gasteiger charge is -2.18. The monoisotopic (exact) mass is 954 g/mol. The zero-order chi connectivity index (χ0) is 48.8. The number of aliphatic hydroxyl groups excluding tert-OH is 1. The molecule has 15 nitrogen and oxygen atoms in total. The van der Waals surface area contributed by atoms with E-state index >= 15 is 4.39 Å². The van der Waals surface area contributed by atoms with Crippen molar-refractivity contribution < 1.29 is 28.6 Å². The smallest absolute Gasteiger partial charge is 0.258 e. The largest absolute Gasteiger partial charge is 0.455 e. The lowest BCUT2D eigenvalue weighted by molar-refractivity contribution is -0.141. The van der Waals surface area contributed by atoms with Crippen LogP contribution in [0.2, 0.25) is 5.02 Å². The average molecular weight is 955 g/mol. The van der Waals surface area contributed by atoms with Crippen molar-refractivity contribution in [2.45, 2.75) is 51.4 Å². The van der Waals surface area contributed by atoms with E-state index in [2.05, 4.69) is 63.0 Å². The Bertz CT molecular complexity index is 3360. The highest BCUT2D eigenvalue weighted by atomic mass is 35.5. The molecule has 2 amide bonds. The van der Waals surface area contributed by atoms with Crippen molar-refractivity contribution >= 4 is 74.3 Å². The molecule has 1 aliphatic rings. The van der Waals surface area contributed by atoms with E-state index in [0.717, 1.165) is 28.2 Å². The summed E-state index contributed by atoms with van der Waals surface area (Å²) in [6, 6.07) is 29.4. The average Bonchev–Trinajstić information content (AvgIpc) is 4.13. The Morgan fingerprint density at radius 3 is 1.97 bits per heavy atom. The Morgan fingerprint density at radius 2 is 1.36 bits per heavy atom. The molecule has 5 N–H and O–H groups in total. The zero-order valence-electron chi connectivity index (χ0n) is 38.0. The van der Waals surface area contributed by atoms with Crippen LogP contribution in [0.3, 0.4) is 0 Å². The van der Waals surface area contributed by atoms with Gasteiger partial charge in [0, 0.05) is 45.6 Å². The number of nitrogens with zero attached hydrogens (tertiary/aromatic N) is 6. The summed E-state index contributed by atoms with van der Waals surface area (Å²) >= 11 is 6.55. The van der Waals surface area contributed by atoms with Crippen LogP contribution in [0.1, 0.15) is 40.9 Å². The number of amides is 2. The predicted octanol–water partition coefficient (Wildman–Crippen LogP) is 9.54. The molecule has 0 saturated heterocycles. The number of aryl methyl sites for hydroxylation is 3. The summed E-state index contributed by atoms with van der Waals surface area (Å²) < 4.78 is 27.1. The molecule has 8 aromatic rings. The van der Waals surface area contributed by atoms with Crippen LogP contribution in [0.15, 0.2) is 128 Å². The van der Waals surface area contributed by atoms with Gasteiger partial charge in [-0.15, -0.1) is 0 Å². The summed E-state index contributed by atoms with van der Waals surface area (Å²) in [5, 5.41) is 24.1. The molecule has 1 aliphatic carbocycles. The number of hydrogen-bond donors (Lipinski definition) is 5. The maximum absolute atomic E-state index is 15.2. The third kappa shape index (κ3) is 11.2. The number of alkyl halides is 1. The van der Waals surface area contributed by atoms with Crippen LogP contribution in [0.4, 0.5) is 27.4 Å². The number of ether oxygens (including phenoxy) is 2. The van der Waals surface area contributed by atoms with Gasteiger partial charge in [0.25, 0.3) is 11.8 Å². The van der Waals surface area contributed by atoms with E-state index in [0.29, 0.717) is 85.6 Å². The molecule has 9 rings (SSSR count). The van der Waals surface area contributed by atoms with Crippen molar-refractivity contribution in [2.24, 2.45) is 0 Å². The summed E-state index contributed by atoms with van der Waals surface area (Å²) in [5.74, 6) is 7.43. The van der Waals surface area contributed by atoms with E-state index in [1.165, 1.54) is 12.7 Å². The molecule has 2 atom stereocenters. The SMILES string of the molecule is Cc1ccc(Oc2ccc(Nc3ncnc4ccc(C#CC5(NC(=O)C(O)C(F)C(=O)NC/C=C\c6ccc7ncnc(Nc8ccc(Oc9ccc(C)nc9)c(Cl)c8)c7c6)CC5)cc34)cc2C)cn1. The van der Waals surface area contributed by atoms with Gasteiger partial charge >= 0.3 is 0 Å². The molecule has 2 unspecified atom stereocenters. The van der Waals surface area contributed by atoms with Gasteiger partial charge < -0.3 is 35.8 Å². The highest BCUT2D eigenvalue weighted by molar-refractivity contribution is 6.32. The molecule has 0 radical (unpaired) electrons. The molecule has 70 heavy (non-hydrogen) atoms. The van der Waals surface area contributed by atoms with Crippen LogP contribution in [0.5, 0.6) is 23.0 Å². The zero-order valence-corrected chi connectivity index (χ0v) is 38.8. The maximum atomic E-state index is 15.2. The number of aliphatic hydroxyl groups is 1. The van der Waals surface area contributed by atoms with Crippen molar-refractivity contribution in [3.05, 3.63) is 161 Å². The lowest BCUT2D eigenvalue weighted by Crippen LogP contribution is -2.50. The van der Waals surface area contributed by atoms with E-state index in [9.17, 15) is 14.7 Å². The van der Waals surface area contributed by atoms with Gasteiger partial charge in [0.15, 0.2) is 6.10 Å². The Morgan fingerprint density at radius 1 is 0.743 bits per heavy atom. The molecular weight excluding hydrogens is 911 g/mol. The number of carbonyl (C=O) groups is 2. The first-order chi connectivity index (χ1) is 33.9. The first-order valence-electron chi connectivity index (χ1n) is 22.1. The number of fused-ring (bicyclic) bond motifs is 2. The Kier molecular flexibility index (Phi) is 13.6. The summed E-state index contributed by atoms with van der Waals surface area (Å²) in [7, 11) is 0. The van der Waals surface area contributed by atoms with Gasteiger partial charge in [-0.05, 0) is 136 Å². The van der Waals surface area contributed by atoms with Gasteiger partial charge in [-0.1, -0.05) is 41.7 Å². The second kappa shape index (κ2) is 20.4. The van der Waals surface area contributed by atoms with Crippen molar-refractivity contribution in [2.75, 3.05) is 17.2 Å². The topological polar surface area (TPSA) is 198 Å². The third-order valence-electron chi connectivity index (χ3n) is 11.2. The molecule has 0 aliphatic heterocycles. The molecule has 0 bridgehead atoms. The highest BCUT2D eigenvalue weighted by Crippen LogP contribution is 2.36. The van der Waals surface area contributed by atoms with Gasteiger partial charge in [-0.2, -0.15) is 0 Å². The molecule has 0 spiro atoms. The van der Waals surface area contributed by atoms with Crippen molar-refractivity contribution in [1.29, 1.82) is 0 Å². The van der Waals surface area contributed by atoms with Crippen LogP contribution < -0.4 is 30.7 Å².